The molecule has 4 aromatic carbocycles. The number of anilines is 4. The molecule has 0 aromatic heterocycles. The van der Waals surface area contributed by atoms with E-state index in [1.165, 1.54) is 11.6 Å². The summed E-state index contributed by atoms with van der Waals surface area (Å²) in [4.78, 5) is 14.1. The maximum atomic E-state index is 11.6. The highest BCUT2D eigenvalue weighted by Gasteiger charge is 2.44. The molecule has 0 saturated heterocycles. The van der Waals surface area contributed by atoms with Crippen LogP contribution in [0.5, 0.6) is 0 Å². The van der Waals surface area contributed by atoms with Crippen LogP contribution in [-0.2, 0) is 13.8 Å². The SMILES string of the molecule is CC(C)(C)N(O[Si](C)(C)C(C)(C)C)c1ccc(C(=Cc2ccc(N3c4ccc(/C=C(\C#N)C(=O)O)cc4C4CCCC43)cc2)c2ccc(N(O[Si](C)(C)C(C)(C)C)C(C)(C)C)cc2)cc1. The maximum absolute atomic E-state index is 11.6. The Morgan fingerprint density at radius 3 is 1.55 bits per heavy atom. The molecule has 1 aliphatic heterocycles. The summed E-state index contributed by atoms with van der Waals surface area (Å²) < 4.78 is 14.0. The number of carboxylic acids is 1. The van der Waals surface area contributed by atoms with E-state index in [4.69, 9.17) is 9.05 Å². The van der Waals surface area contributed by atoms with Crippen LogP contribution in [0.2, 0.25) is 36.3 Å². The minimum absolute atomic E-state index is 0.0525. The summed E-state index contributed by atoms with van der Waals surface area (Å²) in [5, 5.41) is 23.2. The number of carbonyl (C=O) groups is 1. The van der Waals surface area contributed by atoms with Crippen molar-refractivity contribution in [1.29, 1.82) is 5.26 Å². The van der Waals surface area contributed by atoms with Gasteiger partial charge < -0.3 is 19.1 Å². The molecule has 1 fully saturated rings. The number of hydrogen-bond donors (Lipinski definition) is 1. The summed E-state index contributed by atoms with van der Waals surface area (Å²) in [5.74, 6) is -0.855. The van der Waals surface area contributed by atoms with Gasteiger partial charge in [0.15, 0.2) is 0 Å². The van der Waals surface area contributed by atoms with Gasteiger partial charge in [0.1, 0.15) is 11.6 Å². The molecule has 1 saturated carbocycles. The first-order chi connectivity index (χ1) is 30.0. The van der Waals surface area contributed by atoms with Crippen LogP contribution in [-0.4, -0.2) is 44.8 Å². The maximum Gasteiger partial charge on any atom is 0.346 e. The van der Waals surface area contributed by atoms with Gasteiger partial charge in [-0.05, 0) is 185 Å². The van der Waals surface area contributed by atoms with Gasteiger partial charge in [-0.1, -0.05) is 90.4 Å². The van der Waals surface area contributed by atoms with Gasteiger partial charge in [-0.3, -0.25) is 10.1 Å². The molecule has 0 bridgehead atoms. The highest BCUT2D eigenvalue weighted by Crippen LogP contribution is 2.53. The Labute approximate surface area is 392 Å². The van der Waals surface area contributed by atoms with Crippen molar-refractivity contribution >= 4 is 63.1 Å². The largest absolute Gasteiger partial charge is 0.477 e. The molecule has 0 spiro atoms. The van der Waals surface area contributed by atoms with Crippen molar-refractivity contribution in [2.75, 3.05) is 15.0 Å². The normalized spacial score (nSPS) is 17.0. The first-order valence-corrected chi connectivity index (χ1v) is 29.1. The average molecular weight is 911 g/mol. The second-order valence-electron chi connectivity index (χ2n) is 23.1. The number of nitrogens with zero attached hydrogens (tertiary/aromatic N) is 4. The fourth-order valence-corrected chi connectivity index (χ4v) is 10.5. The smallest absolute Gasteiger partial charge is 0.346 e. The number of rotatable bonds is 12. The van der Waals surface area contributed by atoms with Crippen LogP contribution in [0.4, 0.5) is 22.7 Å². The monoisotopic (exact) mass is 911 g/mol. The zero-order valence-corrected chi connectivity index (χ0v) is 44.1. The van der Waals surface area contributed by atoms with E-state index in [1.54, 1.807) is 0 Å². The van der Waals surface area contributed by atoms with Crippen molar-refractivity contribution in [1.82, 2.24) is 0 Å². The first-order valence-electron chi connectivity index (χ1n) is 23.3. The molecule has 0 radical (unpaired) electrons. The summed E-state index contributed by atoms with van der Waals surface area (Å²) >= 11 is 0. The molecule has 0 amide bonds. The Morgan fingerprint density at radius 1 is 0.677 bits per heavy atom. The van der Waals surface area contributed by atoms with Crippen LogP contribution < -0.4 is 15.0 Å². The van der Waals surface area contributed by atoms with Crippen molar-refractivity contribution in [2.45, 2.75) is 162 Å². The topological polar surface area (TPSA) is 89.3 Å². The molecule has 2 atom stereocenters. The Bertz CT molecular complexity index is 2360. The van der Waals surface area contributed by atoms with Crippen molar-refractivity contribution in [3.8, 4) is 6.07 Å². The molecule has 8 nitrogen and oxygen atoms in total. The van der Waals surface area contributed by atoms with E-state index in [1.807, 2.05) is 12.1 Å². The molecule has 4 aromatic rings. The zero-order valence-electron chi connectivity index (χ0n) is 42.1. The van der Waals surface area contributed by atoms with Crippen molar-refractivity contribution in [3.05, 3.63) is 124 Å². The lowest BCUT2D eigenvalue weighted by molar-refractivity contribution is -0.132. The number of carboxylic acid groups (broad SMARTS) is 1. The predicted molar refractivity (Wildman–Crippen MR) is 278 cm³/mol. The van der Waals surface area contributed by atoms with E-state index in [9.17, 15) is 15.2 Å². The summed E-state index contributed by atoms with van der Waals surface area (Å²) in [7, 11) is -4.28. The van der Waals surface area contributed by atoms with Gasteiger partial charge in [0.05, 0.1) is 22.5 Å². The third-order valence-electron chi connectivity index (χ3n) is 14.0. The van der Waals surface area contributed by atoms with Crippen LogP contribution in [0.1, 0.15) is 136 Å². The second-order valence-corrected chi connectivity index (χ2v) is 32.6. The molecule has 2 unspecified atom stereocenters. The van der Waals surface area contributed by atoms with Crippen LogP contribution in [0.15, 0.2) is 96.6 Å². The molecular weight excluding hydrogens is 837 g/mol. The Morgan fingerprint density at radius 2 is 1.14 bits per heavy atom. The highest BCUT2D eigenvalue weighted by molar-refractivity contribution is 6.74. The van der Waals surface area contributed by atoms with E-state index in [0.29, 0.717) is 12.0 Å². The number of aliphatic carboxylic acids is 1. The van der Waals surface area contributed by atoms with E-state index < -0.39 is 22.6 Å². The van der Waals surface area contributed by atoms with Gasteiger partial charge in [-0.25, -0.2) is 4.79 Å². The molecule has 65 heavy (non-hydrogen) atoms. The van der Waals surface area contributed by atoms with Crippen molar-refractivity contribution in [3.63, 3.8) is 0 Å². The Hall–Kier alpha value is -4.93. The van der Waals surface area contributed by atoms with E-state index in [0.717, 1.165) is 69.8 Å². The van der Waals surface area contributed by atoms with Crippen LogP contribution in [0.25, 0.3) is 17.7 Å². The lowest BCUT2D eigenvalue weighted by atomic mass is 9.94. The van der Waals surface area contributed by atoms with Crippen molar-refractivity contribution in [2.24, 2.45) is 0 Å². The zero-order chi connectivity index (χ0) is 48.1. The van der Waals surface area contributed by atoms with Gasteiger partial charge in [-0.2, -0.15) is 5.26 Å². The lowest BCUT2D eigenvalue weighted by Crippen LogP contribution is -2.52. The number of benzene rings is 4. The molecule has 10 heteroatoms. The fourth-order valence-electron chi connectivity index (χ4n) is 8.28. The van der Waals surface area contributed by atoms with Crippen LogP contribution in [0, 0.1) is 11.3 Å². The van der Waals surface area contributed by atoms with Crippen LogP contribution in [0.3, 0.4) is 0 Å². The standard InChI is InChI=1S/C55H74N4O4Si2/c1-52(2,3)58(62-64(13,14)54(7,8)9)44-29-23-40(24-30-44)47(41-25-31-45(32-26-41)59(53(4,5)6)63-65(15,16)55(10,11)12)35-38-20-27-43(28-21-38)57-49-19-17-18-46(49)48-36-39(22-33-50(48)57)34-42(37-56)51(60)61/h20-36,46,49H,17-19H2,1-16H3,(H,60,61)/b42-34+. The molecule has 2 aliphatic rings. The number of nitriles is 1. The third-order valence-corrected chi connectivity index (χ3v) is 22.5. The van der Waals surface area contributed by atoms with Crippen LogP contribution >= 0.6 is 0 Å². The Kier molecular flexibility index (Phi) is 13.7. The molecule has 1 N–H and O–H groups in total. The van der Waals surface area contributed by atoms with E-state index in [-0.39, 0.29) is 26.7 Å². The number of hydroxylamine groups is 2. The molecule has 1 heterocycles. The van der Waals surface area contributed by atoms with Crippen molar-refractivity contribution < 1.29 is 19.0 Å². The van der Waals surface area contributed by atoms with Gasteiger partial charge in [-0.15, -0.1) is 0 Å². The molecule has 6 rings (SSSR count). The fraction of sp³-hybridized carbons (Fsp3) is 0.455. The van der Waals surface area contributed by atoms with E-state index in [2.05, 4.69) is 215 Å². The molecular formula is C55H74N4O4Si2. The van der Waals surface area contributed by atoms with Gasteiger partial charge in [0, 0.05) is 23.3 Å². The van der Waals surface area contributed by atoms with Gasteiger partial charge >= 0.3 is 5.97 Å². The van der Waals surface area contributed by atoms with Gasteiger partial charge in [0.25, 0.3) is 0 Å². The van der Waals surface area contributed by atoms with Gasteiger partial charge in [0.2, 0.25) is 16.6 Å². The lowest BCUT2D eigenvalue weighted by Gasteiger charge is -2.45. The Balaban J connectivity index is 1.40. The minimum atomic E-state index is -2.14. The first kappa shape index (κ1) is 49.5. The predicted octanol–water partition coefficient (Wildman–Crippen LogP) is 15.1. The molecule has 346 valence electrons. The van der Waals surface area contributed by atoms with E-state index >= 15 is 0 Å². The third kappa shape index (κ3) is 10.7. The summed E-state index contributed by atoms with van der Waals surface area (Å²) in [6.07, 6.45) is 7.07. The molecule has 1 aliphatic carbocycles. The summed E-state index contributed by atoms with van der Waals surface area (Å²) in [5.41, 5.74) is 9.94. The summed E-state index contributed by atoms with van der Waals surface area (Å²) in [6.45, 7) is 36.1. The highest BCUT2D eigenvalue weighted by atomic mass is 28.4. The summed E-state index contributed by atoms with van der Waals surface area (Å²) in [6, 6.07) is 34.8. The minimum Gasteiger partial charge on any atom is -0.477 e. The number of hydrogen-bond acceptors (Lipinski definition) is 7. The second kappa shape index (κ2) is 18.0. The average Bonchev–Trinajstić information content (AvgIpc) is 3.80. The quantitative estimate of drug-likeness (QED) is 0.0494. The number of fused-ring (bicyclic) bond motifs is 3.